The molecule has 1 fully saturated rings. The standard InChI is InChI=1S/C15H22N2O2/c1-2-10-4-3-5-12(8-10)19-14-7-6-11(16)9-13(14)15(17)18/h6-7,9-10,12H,2-5,8,16H2,1H3,(H2,17,18). The normalized spacial score (nSPS) is 23.0. The van der Waals surface area contributed by atoms with Crippen LogP contribution in [0.15, 0.2) is 18.2 Å². The molecule has 4 nitrogen and oxygen atoms in total. The average Bonchev–Trinajstić information content (AvgIpc) is 2.41. The zero-order valence-corrected chi connectivity index (χ0v) is 11.4. The predicted molar refractivity (Wildman–Crippen MR) is 76.0 cm³/mol. The maximum absolute atomic E-state index is 11.4. The lowest BCUT2D eigenvalue weighted by Crippen LogP contribution is -2.26. The van der Waals surface area contributed by atoms with Crippen LogP contribution in [0.1, 0.15) is 49.4 Å². The average molecular weight is 262 g/mol. The monoisotopic (exact) mass is 262 g/mol. The Kier molecular flexibility index (Phi) is 4.30. The minimum atomic E-state index is -0.495. The molecule has 1 saturated carbocycles. The number of hydrogen-bond acceptors (Lipinski definition) is 3. The highest BCUT2D eigenvalue weighted by atomic mass is 16.5. The lowest BCUT2D eigenvalue weighted by atomic mass is 9.85. The van der Waals surface area contributed by atoms with E-state index in [0.29, 0.717) is 17.0 Å². The first-order valence-corrected chi connectivity index (χ1v) is 6.96. The summed E-state index contributed by atoms with van der Waals surface area (Å²) in [5, 5.41) is 0. The Morgan fingerprint density at radius 3 is 2.89 bits per heavy atom. The first kappa shape index (κ1) is 13.7. The summed E-state index contributed by atoms with van der Waals surface area (Å²) in [6.07, 6.45) is 5.92. The Labute approximate surface area is 114 Å². The van der Waals surface area contributed by atoms with E-state index in [4.69, 9.17) is 16.2 Å². The third-order valence-electron chi connectivity index (χ3n) is 3.87. The van der Waals surface area contributed by atoms with Gasteiger partial charge in [-0.2, -0.15) is 0 Å². The summed E-state index contributed by atoms with van der Waals surface area (Å²) in [5.41, 5.74) is 11.9. The number of primary amides is 1. The van der Waals surface area contributed by atoms with Crippen LogP contribution in [0.4, 0.5) is 5.69 Å². The molecule has 2 unspecified atom stereocenters. The number of ether oxygens (including phenoxy) is 1. The molecule has 2 rings (SSSR count). The van der Waals surface area contributed by atoms with Crippen LogP contribution in [0.2, 0.25) is 0 Å². The quantitative estimate of drug-likeness (QED) is 0.819. The summed E-state index contributed by atoms with van der Waals surface area (Å²) >= 11 is 0. The van der Waals surface area contributed by atoms with Gasteiger partial charge in [0.1, 0.15) is 5.75 Å². The van der Waals surface area contributed by atoms with Crippen LogP contribution in [0, 0.1) is 5.92 Å². The van der Waals surface area contributed by atoms with E-state index >= 15 is 0 Å². The molecule has 1 amide bonds. The van der Waals surface area contributed by atoms with E-state index in [1.54, 1.807) is 18.2 Å². The molecule has 19 heavy (non-hydrogen) atoms. The number of carbonyl (C=O) groups is 1. The fourth-order valence-electron chi connectivity index (χ4n) is 2.74. The molecule has 2 atom stereocenters. The van der Waals surface area contributed by atoms with Gasteiger partial charge < -0.3 is 16.2 Å². The van der Waals surface area contributed by atoms with E-state index in [1.807, 2.05) is 0 Å². The van der Waals surface area contributed by atoms with Crippen molar-refractivity contribution in [2.24, 2.45) is 11.7 Å². The van der Waals surface area contributed by atoms with Gasteiger partial charge in [-0.25, -0.2) is 0 Å². The summed E-state index contributed by atoms with van der Waals surface area (Å²) in [4.78, 5) is 11.4. The minimum absolute atomic E-state index is 0.181. The number of benzene rings is 1. The number of amides is 1. The molecule has 4 N–H and O–H groups in total. The molecule has 0 spiro atoms. The molecule has 104 valence electrons. The number of anilines is 1. The van der Waals surface area contributed by atoms with Crippen LogP contribution in [0.3, 0.4) is 0 Å². The fourth-order valence-corrected chi connectivity index (χ4v) is 2.74. The second-order valence-corrected chi connectivity index (χ2v) is 5.30. The second kappa shape index (κ2) is 5.95. The Hall–Kier alpha value is -1.71. The molecule has 4 heteroatoms. The lowest BCUT2D eigenvalue weighted by molar-refractivity contribution is 0.0976. The van der Waals surface area contributed by atoms with Crippen LogP contribution in [-0.2, 0) is 0 Å². The van der Waals surface area contributed by atoms with E-state index in [9.17, 15) is 4.79 Å². The number of rotatable bonds is 4. The van der Waals surface area contributed by atoms with Crippen molar-refractivity contribution < 1.29 is 9.53 Å². The molecule has 0 radical (unpaired) electrons. The molecule has 1 aliphatic rings. The maximum Gasteiger partial charge on any atom is 0.252 e. The van der Waals surface area contributed by atoms with Crippen LogP contribution in [0.5, 0.6) is 5.75 Å². The van der Waals surface area contributed by atoms with Gasteiger partial charge in [0, 0.05) is 5.69 Å². The van der Waals surface area contributed by atoms with Crippen molar-refractivity contribution in [1.29, 1.82) is 0 Å². The van der Waals surface area contributed by atoms with Crippen molar-refractivity contribution in [3.63, 3.8) is 0 Å². The SMILES string of the molecule is CCC1CCCC(Oc2ccc(N)cc2C(N)=O)C1. The largest absolute Gasteiger partial charge is 0.490 e. The van der Waals surface area contributed by atoms with E-state index in [1.165, 1.54) is 19.3 Å². The van der Waals surface area contributed by atoms with E-state index in [2.05, 4.69) is 6.92 Å². The molecule has 0 heterocycles. The summed E-state index contributed by atoms with van der Waals surface area (Å²) in [5.74, 6) is 0.790. The van der Waals surface area contributed by atoms with Gasteiger partial charge in [0.2, 0.25) is 0 Å². The zero-order valence-electron chi connectivity index (χ0n) is 11.4. The van der Waals surface area contributed by atoms with E-state index in [-0.39, 0.29) is 6.10 Å². The van der Waals surface area contributed by atoms with Crippen molar-refractivity contribution in [2.45, 2.75) is 45.1 Å². The van der Waals surface area contributed by atoms with E-state index < -0.39 is 5.91 Å². The van der Waals surface area contributed by atoms with Gasteiger partial charge >= 0.3 is 0 Å². The zero-order chi connectivity index (χ0) is 13.8. The van der Waals surface area contributed by atoms with Crippen molar-refractivity contribution in [3.8, 4) is 5.75 Å². The fraction of sp³-hybridized carbons (Fsp3) is 0.533. The highest BCUT2D eigenvalue weighted by Gasteiger charge is 2.23. The highest BCUT2D eigenvalue weighted by molar-refractivity contribution is 5.96. The van der Waals surface area contributed by atoms with Crippen molar-refractivity contribution >= 4 is 11.6 Å². The van der Waals surface area contributed by atoms with E-state index in [0.717, 1.165) is 18.8 Å². The molecule has 0 bridgehead atoms. The molecular formula is C15H22N2O2. The molecule has 1 aromatic carbocycles. The van der Waals surface area contributed by atoms with Crippen LogP contribution < -0.4 is 16.2 Å². The number of carbonyl (C=O) groups excluding carboxylic acids is 1. The van der Waals surface area contributed by atoms with Gasteiger partial charge in [-0.05, 0) is 43.4 Å². The molecule has 0 saturated heterocycles. The van der Waals surface area contributed by atoms with Gasteiger partial charge in [0.25, 0.3) is 5.91 Å². The summed E-state index contributed by atoms with van der Waals surface area (Å²) < 4.78 is 5.98. The van der Waals surface area contributed by atoms with Gasteiger partial charge in [0.05, 0.1) is 11.7 Å². The first-order valence-electron chi connectivity index (χ1n) is 6.96. The van der Waals surface area contributed by atoms with Crippen molar-refractivity contribution in [2.75, 3.05) is 5.73 Å². The summed E-state index contributed by atoms with van der Waals surface area (Å²) in [6.45, 7) is 2.21. The van der Waals surface area contributed by atoms with Crippen molar-refractivity contribution in [3.05, 3.63) is 23.8 Å². The van der Waals surface area contributed by atoms with Crippen LogP contribution in [0.25, 0.3) is 0 Å². The third kappa shape index (κ3) is 3.40. The molecular weight excluding hydrogens is 240 g/mol. The highest BCUT2D eigenvalue weighted by Crippen LogP contribution is 2.31. The first-order chi connectivity index (χ1) is 9.10. The predicted octanol–water partition coefficient (Wildman–Crippen LogP) is 2.72. The van der Waals surface area contributed by atoms with Gasteiger partial charge in [-0.15, -0.1) is 0 Å². The molecule has 1 aliphatic carbocycles. The van der Waals surface area contributed by atoms with Crippen LogP contribution in [-0.4, -0.2) is 12.0 Å². The summed E-state index contributed by atoms with van der Waals surface area (Å²) in [7, 11) is 0. The Balaban J connectivity index is 2.12. The molecule has 1 aromatic rings. The maximum atomic E-state index is 11.4. The molecule has 0 aliphatic heterocycles. The smallest absolute Gasteiger partial charge is 0.252 e. The Morgan fingerprint density at radius 2 is 2.21 bits per heavy atom. The van der Waals surface area contributed by atoms with Gasteiger partial charge in [-0.1, -0.05) is 19.8 Å². The molecule has 0 aromatic heterocycles. The lowest BCUT2D eigenvalue weighted by Gasteiger charge is -2.29. The third-order valence-corrected chi connectivity index (χ3v) is 3.87. The van der Waals surface area contributed by atoms with Gasteiger partial charge in [-0.3, -0.25) is 4.79 Å². The van der Waals surface area contributed by atoms with Crippen molar-refractivity contribution in [1.82, 2.24) is 0 Å². The summed E-state index contributed by atoms with van der Waals surface area (Å²) in [6, 6.07) is 5.06. The Bertz CT molecular complexity index is 459. The number of nitrogens with two attached hydrogens (primary N) is 2. The number of hydrogen-bond donors (Lipinski definition) is 2. The topological polar surface area (TPSA) is 78.3 Å². The Morgan fingerprint density at radius 1 is 1.42 bits per heavy atom. The van der Waals surface area contributed by atoms with Gasteiger partial charge in [0.15, 0.2) is 0 Å². The minimum Gasteiger partial charge on any atom is -0.490 e. The second-order valence-electron chi connectivity index (χ2n) is 5.30. The van der Waals surface area contributed by atoms with Crippen LogP contribution >= 0.6 is 0 Å². The number of nitrogen functional groups attached to an aromatic ring is 1.